The van der Waals surface area contributed by atoms with E-state index < -0.39 is 0 Å². The molecule has 2 nitrogen and oxygen atoms in total. The lowest BCUT2D eigenvalue weighted by Gasteiger charge is -2.27. The predicted octanol–water partition coefficient (Wildman–Crippen LogP) is 3.95. The highest BCUT2D eigenvalue weighted by atomic mass is 19.1. The molecular weight excluding hydrogens is 239 g/mol. The predicted molar refractivity (Wildman–Crippen MR) is 81.2 cm³/mol. The maximum Gasteiger partial charge on any atom is 0.123 e. The van der Waals surface area contributed by atoms with Crippen LogP contribution in [-0.4, -0.2) is 19.1 Å². The van der Waals surface area contributed by atoms with Crippen LogP contribution in [0.4, 0.5) is 10.1 Å². The van der Waals surface area contributed by atoms with Crippen LogP contribution in [0.5, 0.6) is 0 Å². The molecule has 108 valence electrons. The summed E-state index contributed by atoms with van der Waals surface area (Å²) in [6.45, 7) is 11.3. The van der Waals surface area contributed by atoms with E-state index in [1.165, 1.54) is 5.69 Å². The molecule has 0 atom stereocenters. The molecule has 0 saturated heterocycles. The van der Waals surface area contributed by atoms with E-state index in [0.717, 1.165) is 31.5 Å². The van der Waals surface area contributed by atoms with Crippen molar-refractivity contribution in [3.8, 4) is 0 Å². The van der Waals surface area contributed by atoms with Gasteiger partial charge in [-0.05, 0) is 36.6 Å². The fraction of sp³-hybridized carbons (Fsp3) is 0.625. The molecule has 0 heterocycles. The van der Waals surface area contributed by atoms with Crippen molar-refractivity contribution < 1.29 is 4.39 Å². The zero-order valence-electron chi connectivity index (χ0n) is 12.7. The first kappa shape index (κ1) is 16.0. The molecule has 0 bridgehead atoms. The highest BCUT2D eigenvalue weighted by Gasteiger charge is 2.11. The fourth-order valence-corrected chi connectivity index (χ4v) is 2.21. The third-order valence-electron chi connectivity index (χ3n) is 3.07. The molecule has 0 spiro atoms. The number of benzene rings is 1. The van der Waals surface area contributed by atoms with Gasteiger partial charge in [0.05, 0.1) is 0 Å². The van der Waals surface area contributed by atoms with Crippen LogP contribution in [-0.2, 0) is 6.54 Å². The lowest BCUT2D eigenvalue weighted by Crippen LogP contribution is -2.28. The van der Waals surface area contributed by atoms with Gasteiger partial charge in [-0.15, -0.1) is 0 Å². The number of hydrogen-bond donors (Lipinski definition) is 1. The van der Waals surface area contributed by atoms with Crippen molar-refractivity contribution in [1.82, 2.24) is 5.32 Å². The summed E-state index contributed by atoms with van der Waals surface area (Å²) >= 11 is 0. The standard InChI is InChI=1S/C16H27FN2/c1-5-9-19(10-6-2)16-8-7-15(17)11-14(16)12-18-13(3)4/h7-8,11,13,18H,5-6,9-10,12H2,1-4H3. The Morgan fingerprint density at radius 3 is 2.32 bits per heavy atom. The Morgan fingerprint density at radius 1 is 1.16 bits per heavy atom. The number of halogens is 1. The molecular formula is C16H27FN2. The number of hydrogen-bond acceptors (Lipinski definition) is 2. The van der Waals surface area contributed by atoms with Crippen LogP contribution in [0.1, 0.15) is 46.1 Å². The zero-order valence-corrected chi connectivity index (χ0v) is 12.7. The van der Waals surface area contributed by atoms with Gasteiger partial charge in [0.25, 0.3) is 0 Å². The number of anilines is 1. The summed E-state index contributed by atoms with van der Waals surface area (Å²) in [5.74, 6) is -0.155. The summed E-state index contributed by atoms with van der Waals surface area (Å²) in [4.78, 5) is 2.36. The Labute approximate surface area is 117 Å². The van der Waals surface area contributed by atoms with E-state index in [9.17, 15) is 4.39 Å². The number of nitrogens with zero attached hydrogens (tertiary/aromatic N) is 1. The van der Waals surface area contributed by atoms with Crippen molar-refractivity contribution in [2.24, 2.45) is 0 Å². The van der Waals surface area contributed by atoms with Crippen LogP contribution in [0.15, 0.2) is 18.2 Å². The first-order chi connectivity index (χ1) is 9.08. The van der Waals surface area contributed by atoms with Gasteiger partial charge in [-0.3, -0.25) is 0 Å². The molecule has 1 aromatic rings. The molecule has 1 rings (SSSR count). The summed E-state index contributed by atoms with van der Waals surface area (Å²) in [7, 11) is 0. The summed E-state index contributed by atoms with van der Waals surface area (Å²) in [6.07, 6.45) is 2.21. The Kier molecular flexibility index (Phi) is 6.85. The minimum atomic E-state index is -0.155. The van der Waals surface area contributed by atoms with Crippen LogP contribution < -0.4 is 10.2 Å². The van der Waals surface area contributed by atoms with Crippen LogP contribution >= 0.6 is 0 Å². The zero-order chi connectivity index (χ0) is 14.3. The Bertz CT molecular complexity index is 371. The van der Waals surface area contributed by atoms with Gasteiger partial charge in [0.1, 0.15) is 5.82 Å². The largest absolute Gasteiger partial charge is 0.371 e. The average Bonchev–Trinajstić information content (AvgIpc) is 2.36. The summed E-state index contributed by atoms with van der Waals surface area (Å²) in [5.41, 5.74) is 2.22. The van der Waals surface area contributed by atoms with Gasteiger partial charge in [0.2, 0.25) is 0 Å². The minimum Gasteiger partial charge on any atom is -0.371 e. The first-order valence-corrected chi connectivity index (χ1v) is 7.35. The molecule has 19 heavy (non-hydrogen) atoms. The summed E-state index contributed by atoms with van der Waals surface area (Å²) < 4.78 is 13.5. The van der Waals surface area contributed by atoms with Gasteiger partial charge in [0.15, 0.2) is 0 Å². The lowest BCUT2D eigenvalue weighted by atomic mass is 10.1. The highest BCUT2D eigenvalue weighted by Crippen LogP contribution is 2.22. The molecule has 1 N–H and O–H groups in total. The van der Waals surface area contributed by atoms with Crippen LogP contribution in [0.25, 0.3) is 0 Å². The van der Waals surface area contributed by atoms with Gasteiger partial charge in [0, 0.05) is 31.4 Å². The van der Waals surface area contributed by atoms with E-state index in [2.05, 4.69) is 37.9 Å². The van der Waals surface area contributed by atoms with Gasteiger partial charge in [-0.2, -0.15) is 0 Å². The van der Waals surface area contributed by atoms with E-state index >= 15 is 0 Å². The smallest absolute Gasteiger partial charge is 0.123 e. The van der Waals surface area contributed by atoms with E-state index in [1.54, 1.807) is 12.1 Å². The van der Waals surface area contributed by atoms with Gasteiger partial charge in [-0.25, -0.2) is 4.39 Å². The molecule has 0 saturated carbocycles. The normalized spacial score (nSPS) is 11.1. The summed E-state index contributed by atoms with van der Waals surface area (Å²) in [5, 5.41) is 3.38. The topological polar surface area (TPSA) is 15.3 Å². The molecule has 0 amide bonds. The second-order valence-electron chi connectivity index (χ2n) is 5.30. The molecule has 0 radical (unpaired) electrons. The minimum absolute atomic E-state index is 0.155. The summed E-state index contributed by atoms with van der Waals surface area (Å²) in [6, 6.07) is 5.54. The maximum atomic E-state index is 13.5. The van der Waals surface area contributed by atoms with Crippen LogP contribution in [0.2, 0.25) is 0 Å². The Hall–Kier alpha value is -1.09. The molecule has 0 aliphatic rings. The Balaban J connectivity index is 2.95. The third kappa shape index (κ3) is 5.19. The van der Waals surface area contributed by atoms with Crippen LogP contribution in [0.3, 0.4) is 0 Å². The molecule has 1 aromatic carbocycles. The van der Waals surface area contributed by atoms with Crippen molar-refractivity contribution in [3.63, 3.8) is 0 Å². The second-order valence-corrected chi connectivity index (χ2v) is 5.30. The van der Waals surface area contributed by atoms with E-state index in [1.807, 2.05) is 6.07 Å². The van der Waals surface area contributed by atoms with E-state index in [-0.39, 0.29) is 5.82 Å². The number of rotatable bonds is 8. The van der Waals surface area contributed by atoms with Crippen molar-refractivity contribution in [3.05, 3.63) is 29.6 Å². The van der Waals surface area contributed by atoms with Crippen molar-refractivity contribution >= 4 is 5.69 Å². The van der Waals surface area contributed by atoms with E-state index in [4.69, 9.17) is 0 Å². The molecule has 3 heteroatoms. The van der Waals surface area contributed by atoms with E-state index in [0.29, 0.717) is 12.6 Å². The molecule has 0 aliphatic carbocycles. The highest BCUT2D eigenvalue weighted by molar-refractivity contribution is 5.53. The number of nitrogens with one attached hydrogen (secondary N) is 1. The fourth-order valence-electron chi connectivity index (χ4n) is 2.21. The third-order valence-corrected chi connectivity index (χ3v) is 3.07. The van der Waals surface area contributed by atoms with Crippen molar-refractivity contribution in [2.75, 3.05) is 18.0 Å². The molecule has 0 aromatic heterocycles. The quantitative estimate of drug-likeness (QED) is 0.766. The monoisotopic (exact) mass is 266 g/mol. The maximum absolute atomic E-state index is 13.5. The van der Waals surface area contributed by atoms with Crippen LogP contribution in [0, 0.1) is 5.82 Å². The second kappa shape index (κ2) is 8.16. The van der Waals surface area contributed by atoms with Gasteiger partial charge < -0.3 is 10.2 Å². The lowest BCUT2D eigenvalue weighted by molar-refractivity contribution is 0.579. The molecule has 0 aliphatic heterocycles. The Morgan fingerprint density at radius 2 is 1.79 bits per heavy atom. The average molecular weight is 266 g/mol. The first-order valence-electron chi connectivity index (χ1n) is 7.35. The van der Waals surface area contributed by atoms with Gasteiger partial charge >= 0.3 is 0 Å². The van der Waals surface area contributed by atoms with Gasteiger partial charge in [-0.1, -0.05) is 27.7 Å². The molecule has 0 unspecified atom stereocenters. The van der Waals surface area contributed by atoms with Crippen molar-refractivity contribution in [1.29, 1.82) is 0 Å². The molecule has 0 fully saturated rings. The SMILES string of the molecule is CCCN(CCC)c1ccc(F)cc1CNC(C)C. The van der Waals surface area contributed by atoms with Crippen molar-refractivity contribution in [2.45, 2.75) is 53.1 Å².